The second-order valence-electron chi connectivity index (χ2n) is 6.50. The smallest absolute Gasteiger partial charge is 0.271 e. The number of nitrogens with zero attached hydrogens (tertiary/aromatic N) is 2. The van der Waals surface area contributed by atoms with Crippen molar-refractivity contribution in [3.63, 3.8) is 0 Å². The number of fused-ring (bicyclic) bond motifs is 1. The summed E-state index contributed by atoms with van der Waals surface area (Å²) in [7, 11) is 1.69. The third-order valence-corrected chi connectivity index (χ3v) is 4.88. The number of carbonyl (C=O) groups excluding carboxylic acids is 2. The number of piperidine rings is 1. The molecule has 2 fully saturated rings. The van der Waals surface area contributed by atoms with Crippen LogP contribution in [-0.4, -0.2) is 66.3 Å². The lowest BCUT2D eigenvalue weighted by molar-refractivity contribution is -0.142. The summed E-state index contributed by atoms with van der Waals surface area (Å²) in [6.45, 7) is 4.06. The molecule has 7 nitrogen and oxygen atoms in total. The molecule has 2 unspecified atom stereocenters. The predicted molar refractivity (Wildman–Crippen MR) is 82.4 cm³/mol. The second kappa shape index (κ2) is 6.41. The summed E-state index contributed by atoms with van der Waals surface area (Å²) in [5, 5.41) is 6.57. The van der Waals surface area contributed by atoms with Gasteiger partial charge in [-0.2, -0.15) is 5.10 Å². The molecule has 0 bridgehead atoms. The van der Waals surface area contributed by atoms with Crippen LogP contribution < -0.4 is 0 Å². The average molecular weight is 321 g/mol. The SMILES string of the molecule is COCC12CCCOC1CCN(C(=O)c1cc(C(C)=O)n[nH]1)C2. The van der Waals surface area contributed by atoms with Gasteiger partial charge in [-0.3, -0.25) is 14.7 Å². The van der Waals surface area contributed by atoms with Crippen LogP contribution in [0.25, 0.3) is 0 Å². The van der Waals surface area contributed by atoms with Gasteiger partial charge < -0.3 is 14.4 Å². The Morgan fingerprint density at radius 3 is 3.09 bits per heavy atom. The Balaban J connectivity index is 1.77. The van der Waals surface area contributed by atoms with E-state index in [1.54, 1.807) is 7.11 Å². The van der Waals surface area contributed by atoms with Crippen molar-refractivity contribution < 1.29 is 19.1 Å². The summed E-state index contributed by atoms with van der Waals surface area (Å²) in [6.07, 6.45) is 2.94. The first kappa shape index (κ1) is 16.1. The lowest BCUT2D eigenvalue weighted by atomic mass is 9.73. The van der Waals surface area contributed by atoms with Crippen LogP contribution >= 0.6 is 0 Å². The van der Waals surface area contributed by atoms with Crippen LogP contribution in [0.15, 0.2) is 6.07 Å². The van der Waals surface area contributed by atoms with Crippen LogP contribution in [0.3, 0.4) is 0 Å². The number of amides is 1. The van der Waals surface area contributed by atoms with E-state index in [1.165, 1.54) is 13.0 Å². The Kier molecular flexibility index (Phi) is 4.50. The number of likely N-dealkylation sites (tertiary alicyclic amines) is 1. The molecule has 1 amide bonds. The zero-order chi connectivity index (χ0) is 16.4. The maximum Gasteiger partial charge on any atom is 0.271 e. The van der Waals surface area contributed by atoms with E-state index < -0.39 is 0 Å². The Morgan fingerprint density at radius 2 is 2.39 bits per heavy atom. The molecule has 3 rings (SSSR count). The number of methoxy groups -OCH3 is 1. The first-order valence-corrected chi connectivity index (χ1v) is 8.02. The molecule has 1 aromatic heterocycles. The number of rotatable bonds is 4. The Bertz CT molecular complexity index is 596. The molecule has 3 heterocycles. The van der Waals surface area contributed by atoms with Crippen LogP contribution in [0.5, 0.6) is 0 Å². The molecule has 2 aliphatic heterocycles. The molecule has 126 valence electrons. The van der Waals surface area contributed by atoms with Gasteiger partial charge >= 0.3 is 0 Å². The number of H-pyrrole nitrogens is 1. The van der Waals surface area contributed by atoms with Crippen molar-refractivity contribution in [2.45, 2.75) is 32.3 Å². The number of ether oxygens (including phenoxy) is 2. The van der Waals surface area contributed by atoms with Gasteiger partial charge in [-0.15, -0.1) is 0 Å². The van der Waals surface area contributed by atoms with E-state index in [4.69, 9.17) is 9.47 Å². The molecule has 0 spiro atoms. The predicted octanol–water partition coefficient (Wildman–Crippen LogP) is 1.27. The second-order valence-corrected chi connectivity index (χ2v) is 6.50. The van der Waals surface area contributed by atoms with Gasteiger partial charge in [-0.25, -0.2) is 0 Å². The standard InChI is InChI=1S/C16H23N3O4/c1-11(20)12-8-13(18-17-12)15(21)19-6-4-14-16(9-19,10-22-2)5-3-7-23-14/h8,14H,3-7,9-10H2,1-2H3,(H,17,18). The zero-order valence-corrected chi connectivity index (χ0v) is 13.6. The van der Waals surface area contributed by atoms with Crippen molar-refractivity contribution in [1.82, 2.24) is 15.1 Å². The number of aromatic amines is 1. The van der Waals surface area contributed by atoms with Crippen LogP contribution in [-0.2, 0) is 9.47 Å². The number of aromatic nitrogens is 2. The number of hydrogen-bond acceptors (Lipinski definition) is 5. The molecule has 2 atom stereocenters. The van der Waals surface area contributed by atoms with E-state index in [-0.39, 0.29) is 28.9 Å². The molecule has 0 saturated carbocycles. The first-order chi connectivity index (χ1) is 11.1. The molecular weight excluding hydrogens is 298 g/mol. The Labute approximate surface area is 135 Å². The highest BCUT2D eigenvalue weighted by atomic mass is 16.5. The minimum atomic E-state index is -0.157. The molecule has 7 heteroatoms. The van der Waals surface area contributed by atoms with Crippen molar-refractivity contribution in [3.05, 3.63) is 17.5 Å². The quantitative estimate of drug-likeness (QED) is 0.844. The van der Waals surface area contributed by atoms with Crippen molar-refractivity contribution in [2.75, 3.05) is 33.4 Å². The van der Waals surface area contributed by atoms with E-state index in [0.717, 1.165) is 25.9 Å². The maximum atomic E-state index is 12.7. The van der Waals surface area contributed by atoms with Gasteiger partial charge in [-0.1, -0.05) is 0 Å². The third kappa shape index (κ3) is 3.03. The monoisotopic (exact) mass is 321 g/mol. The Hall–Kier alpha value is -1.73. The van der Waals surface area contributed by atoms with Crippen LogP contribution in [0.1, 0.15) is 47.2 Å². The fourth-order valence-corrected chi connectivity index (χ4v) is 3.74. The summed E-state index contributed by atoms with van der Waals surface area (Å²) in [5.74, 6) is -0.278. The summed E-state index contributed by atoms with van der Waals surface area (Å²) in [6, 6.07) is 1.52. The average Bonchev–Trinajstić information content (AvgIpc) is 3.04. The molecule has 2 aliphatic rings. The van der Waals surface area contributed by atoms with E-state index >= 15 is 0 Å². The van der Waals surface area contributed by atoms with Gasteiger partial charge in [0.2, 0.25) is 0 Å². The topological polar surface area (TPSA) is 84.5 Å². The highest BCUT2D eigenvalue weighted by Crippen LogP contribution is 2.40. The summed E-state index contributed by atoms with van der Waals surface area (Å²) in [4.78, 5) is 25.9. The van der Waals surface area contributed by atoms with Crippen molar-refractivity contribution in [2.24, 2.45) is 5.41 Å². The van der Waals surface area contributed by atoms with Gasteiger partial charge in [0.15, 0.2) is 5.78 Å². The highest BCUT2D eigenvalue weighted by Gasteiger charge is 2.47. The fraction of sp³-hybridized carbons (Fsp3) is 0.688. The summed E-state index contributed by atoms with van der Waals surface area (Å²) < 4.78 is 11.4. The van der Waals surface area contributed by atoms with E-state index in [9.17, 15) is 9.59 Å². The third-order valence-electron chi connectivity index (χ3n) is 4.88. The number of nitrogens with one attached hydrogen (secondary N) is 1. The number of hydrogen-bond donors (Lipinski definition) is 1. The highest BCUT2D eigenvalue weighted by molar-refractivity contribution is 5.97. The van der Waals surface area contributed by atoms with E-state index in [0.29, 0.717) is 25.4 Å². The number of ketones is 1. The van der Waals surface area contributed by atoms with Crippen LogP contribution in [0.4, 0.5) is 0 Å². The fourth-order valence-electron chi connectivity index (χ4n) is 3.74. The van der Waals surface area contributed by atoms with Crippen LogP contribution in [0.2, 0.25) is 0 Å². The molecule has 0 aromatic carbocycles. The molecule has 0 radical (unpaired) electrons. The molecule has 2 saturated heterocycles. The van der Waals surface area contributed by atoms with Crippen molar-refractivity contribution in [1.29, 1.82) is 0 Å². The molecule has 1 N–H and O–H groups in total. The normalized spacial score (nSPS) is 27.6. The van der Waals surface area contributed by atoms with Crippen molar-refractivity contribution >= 4 is 11.7 Å². The number of Topliss-reactive ketones (excluding diaryl/α,β-unsaturated/α-hetero) is 1. The first-order valence-electron chi connectivity index (χ1n) is 8.02. The minimum Gasteiger partial charge on any atom is -0.384 e. The van der Waals surface area contributed by atoms with Crippen LogP contribution in [0, 0.1) is 5.41 Å². The molecule has 1 aromatic rings. The lowest BCUT2D eigenvalue weighted by Crippen LogP contribution is -2.58. The van der Waals surface area contributed by atoms with Gasteiger partial charge in [0.25, 0.3) is 5.91 Å². The van der Waals surface area contributed by atoms with E-state index in [2.05, 4.69) is 10.2 Å². The minimum absolute atomic E-state index is 0.121. The van der Waals surface area contributed by atoms with E-state index in [1.807, 2.05) is 4.90 Å². The van der Waals surface area contributed by atoms with Gasteiger partial charge in [0, 0.05) is 39.1 Å². The zero-order valence-electron chi connectivity index (χ0n) is 13.6. The number of carbonyl (C=O) groups is 2. The molecular formula is C16H23N3O4. The molecule has 23 heavy (non-hydrogen) atoms. The lowest BCUT2D eigenvalue weighted by Gasteiger charge is -2.50. The summed E-state index contributed by atoms with van der Waals surface area (Å²) in [5.41, 5.74) is 0.512. The largest absolute Gasteiger partial charge is 0.384 e. The van der Waals surface area contributed by atoms with Gasteiger partial charge in [0.1, 0.15) is 11.4 Å². The van der Waals surface area contributed by atoms with Gasteiger partial charge in [0.05, 0.1) is 12.7 Å². The Morgan fingerprint density at radius 1 is 1.57 bits per heavy atom. The van der Waals surface area contributed by atoms with Crippen molar-refractivity contribution in [3.8, 4) is 0 Å². The summed E-state index contributed by atoms with van der Waals surface area (Å²) >= 11 is 0. The van der Waals surface area contributed by atoms with Gasteiger partial charge in [-0.05, 0) is 25.3 Å². The maximum absolute atomic E-state index is 12.7. The molecule has 0 aliphatic carbocycles.